The summed E-state index contributed by atoms with van der Waals surface area (Å²) in [6, 6.07) is 9.56. The zero-order valence-electron chi connectivity index (χ0n) is 16.8. The Morgan fingerprint density at radius 2 is 2.14 bits per heavy atom. The first-order valence-corrected chi connectivity index (χ1v) is 9.65. The number of aromatic amines is 1. The minimum absolute atomic E-state index is 0.243. The van der Waals surface area contributed by atoms with Crippen LogP contribution in [-0.2, 0) is 6.54 Å². The predicted molar refractivity (Wildman–Crippen MR) is 116 cm³/mol. The van der Waals surface area contributed by atoms with E-state index in [2.05, 4.69) is 40.9 Å². The van der Waals surface area contributed by atoms with Gasteiger partial charge in [0.1, 0.15) is 11.8 Å². The number of halogens is 1. The second-order valence-electron chi connectivity index (χ2n) is 7.39. The number of nitrogens with one attached hydrogen (secondary N) is 2. The molecule has 4 rings (SSSR count). The largest absolute Gasteiger partial charge is 0.314 e. The van der Waals surface area contributed by atoms with Crippen LogP contribution in [0.25, 0.3) is 33.2 Å². The number of hydrogen-bond acceptors (Lipinski definition) is 3. The van der Waals surface area contributed by atoms with E-state index in [1.54, 1.807) is 18.5 Å². The molecule has 4 aromatic rings. The van der Waals surface area contributed by atoms with Crippen molar-refractivity contribution in [3.8, 4) is 5.69 Å². The lowest BCUT2D eigenvalue weighted by Gasteiger charge is -2.13. The summed E-state index contributed by atoms with van der Waals surface area (Å²) in [6.45, 7) is 8.68. The molecular weight excluding hydrogens is 365 g/mol. The molecule has 0 atom stereocenters. The molecule has 0 unspecified atom stereocenters. The van der Waals surface area contributed by atoms with Gasteiger partial charge in [-0.2, -0.15) is 5.10 Å². The number of imidazole rings is 1. The fourth-order valence-electron chi connectivity index (χ4n) is 3.71. The fraction of sp³-hybridized carbons (Fsp3) is 0.217. The summed E-state index contributed by atoms with van der Waals surface area (Å²) in [6.07, 6.45) is 5.33. The second-order valence-corrected chi connectivity index (χ2v) is 7.39. The van der Waals surface area contributed by atoms with Crippen molar-refractivity contribution in [2.24, 2.45) is 5.92 Å². The molecule has 2 heterocycles. The molecule has 6 heteroatoms. The summed E-state index contributed by atoms with van der Waals surface area (Å²) in [5.74, 6) is -0.0868. The van der Waals surface area contributed by atoms with Gasteiger partial charge in [0.05, 0.1) is 16.7 Å². The van der Waals surface area contributed by atoms with Crippen molar-refractivity contribution >= 4 is 27.5 Å². The summed E-state index contributed by atoms with van der Waals surface area (Å²) in [7, 11) is 1.90. The molecule has 0 bridgehead atoms. The van der Waals surface area contributed by atoms with Gasteiger partial charge in [-0.1, -0.05) is 32.6 Å². The Hall–Kier alpha value is -3.25. The maximum Gasteiger partial charge on any atom is 0.151 e. The van der Waals surface area contributed by atoms with E-state index in [9.17, 15) is 4.39 Å². The van der Waals surface area contributed by atoms with E-state index >= 15 is 0 Å². The summed E-state index contributed by atoms with van der Waals surface area (Å²) in [5.41, 5.74) is 5.73. The predicted octanol–water partition coefficient (Wildman–Crippen LogP) is 4.99. The summed E-state index contributed by atoms with van der Waals surface area (Å²) >= 11 is 0. The van der Waals surface area contributed by atoms with Crippen LogP contribution in [0.2, 0.25) is 0 Å². The molecule has 0 saturated heterocycles. The minimum Gasteiger partial charge on any atom is -0.314 e. The van der Waals surface area contributed by atoms with Crippen LogP contribution in [0.5, 0.6) is 0 Å². The quantitative estimate of drug-likeness (QED) is 0.457. The monoisotopic (exact) mass is 389 g/mol. The van der Waals surface area contributed by atoms with Crippen molar-refractivity contribution in [3.05, 3.63) is 72.5 Å². The van der Waals surface area contributed by atoms with Crippen LogP contribution in [-0.4, -0.2) is 26.8 Å². The first-order valence-electron chi connectivity index (χ1n) is 9.65. The maximum atomic E-state index is 14.8. The van der Waals surface area contributed by atoms with E-state index in [1.165, 1.54) is 0 Å². The number of hydrogen-bond donors (Lipinski definition) is 2. The zero-order valence-corrected chi connectivity index (χ0v) is 16.8. The van der Waals surface area contributed by atoms with Crippen molar-refractivity contribution in [2.75, 3.05) is 7.05 Å². The number of allylic oxidation sites excluding steroid dienone is 3. The molecular formula is C23H24FN5. The van der Waals surface area contributed by atoms with E-state index < -0.39 is 0 Å². The molecule has 148 valence electrons. The highest BCUT2D eigenvalue weighted by Gasteiger charge is 2.15. The number of H-pyrrole nitrogens is 1. The molecule has 0 radical (unpaired) electrons. The molecule has 2 aromatic carbocycles. The molecule has 0 fully saturated rings. The highest BCUT2D eigenvalue weighted by atomic mass is 19.1. The maximum absolute atomic E-state index is 14.8. The smallest absolute Gasteiger partial charge is 0.151 e. The van der Waals surface area contributed by atoms with Crippen LogP contribution in [0, 0.1) is 11.7 Å². The van der Waals surface area contributed by atoms with Gasteiger partial charge in [0.15, 0.2) is 5.82 Å². The zero-order chi connectivity index (χ0) is 20.5. The van der Waals surface area contributed by atoms with Crippen molar-refractivity contribution in [3.63, 3.8) is 0 Å². The molecule has 0 aliphatic rings. The Kier molecular flexibility index (Phi) is 5.03. The third-order valence-electron chi connectivity index (χ3n) is 5.11. The second kappa shape index (κ2) is 7.64. The number of aromatic nitrogens is 4. The Morgan fingerprint density at radius 1 is 1.31 bits per heavy atom. The Labute approximate surface area is 169 Å². The summed E-state index contributed by atoms with van der Waals surface area (Å²) < 4.78 is 16.7. The lowest BCUT2D eigenvalue weighted by atomic mass is 9.94. The Balaban J connectivity index is 1.87. The number of nitrogens with zero attached hydrogens (tertiary/aromatic N) is 3. The van der Waals surface area contributed by atoms with Gasteiger partial charge in [0.2, 0.25) is 0 Å². The molecule has 2 N–H and O–H groups in total. The van der Waals surface area contributed by atoms with E-state index in [0.717, 1.165) is 38.9 Å². The third kappa shape index (κ3) is 3.36. The van der Waals surface area contributed by atoms with Crippen LogP contribution < -0.4 is 5.32 Å². The van der Waals surface area contributed by atoms with Crippen molar-refractivity contribution in [1.82, 2.24) is 25.1 Å². The summed E-state index contributed by atoms with van der Waals surface area (Å²) in [5, 5.41) is 11.7. The van der Waals surface area contributed by atoms with Gasteiger partial charge in [0, 0.05) is 17.6 Å². The molecule has 0 amide bonds. The first kappa shape index (κ1) is 19.1. The van der Waals surface area contributed by atoms with Gasteiger partial charge in [-0.3, -0.25) is 9.67 Å². The molecule has 0 aliphatic carbocycles. The van der Waals surface area contributed by atoms with Crippen LogP contribution in [0.1, 0.15) is 25.1 Å². The standard InChI is InChI=1S/C23H24FN5/c1-5-6-17(14(2)3)15-9-19(24)23-22(10-15)29(13-26-23)16-7-8-18-20(11-16)27-28-21(18)12-25-4/h5-11,13-14,25H,1,12H2,2-4H3,(H,27,28)/b17-6+. The van der Waals surface area contributed by atoms with E-state index in [1.807, 2.05) is 42.0 Å². The topological polar surface area (TPSA) is 58.5 Å². The van der Waals surface area contributed by atoms with Crippen molar-refractivity contribution < 1.29 is 4.39 Å². The SMILES string of the molecule is C=C/C=C(/c1cc(F)c2ncn(-c3ccc4c(CNC)[nH]nc4c3)c2c1)C(C)C. The van der Waals surface area contributed by atoms with Gasteiger partial charge in [-0.15, -0.1) is 0 Å². The van der Waals surface area contributed by atoms with Gasteiger partial charge >= 0.3 is 0 Å². The van der Waals surface area contributed by atoms with Crippen LogP contribution in [0.4, 0.5) is 4.39 Å². The fourth-order valence-corrected chi connectivity index (χ4v) is 3.71. The van der Waals surface area contributed by atoms with Crippen molar-refractivity contribution in [2.45, 2.75) is 20.4 Å². The van der Waals surface area contributed by atoms with E-state index in [4.69, 9.17) is 0 Å². The highest BCUT2D eigenvalue weighted by Crippen LogP contribution is 2.30. The van der Waals surface area contributed by atoms with Gasteiger partial charge in [-0.05, 0) is 54.4 Å². The average Bonchev–Trinajstić information content (AvgIpc) is 3.30. The minimum atomic E-state index is -0.330. The molecule has 0 saturated carbocycles. The van der Waals surface area contributed by atoms with E-state index in [0.29, 0.717) is 12.1 Å². The first-order chi connectivity index (χ1) is 14.0. The van der Waals surface area contributed by atoms with Crippen molar-refractivity contribution in [1.29, 1.82) is 0 Å². The van der Waals surface area contributed by atoms with Gasteiger partial charge in [0.25, 0.3) is 0 Å². The van der Waals surface area contributed by atoms with Crippen LogP contribution in [0.3, 0.4) is 0 Å². The average molecular weight is 389 g/mol. The number of fused-ring (bicyclic) bond motifs is 2. The van der Waals surface area contributed by atoms with Crippen LogP contribution in [0.15, 0.2) is 55.4 Å². The number of benzene rings is 2. The summed E-state index contributed by atoms with van der Waals surface area (Å²) in [4.78, 5) is 4.31. The molecule has 5 nitrogen and oxygen atoms in total. The number of rotatable bonds is 6. The normalized spacial score (nSPS) is 12.4. The highest BCUT2D eigenvalue weighted by molar-refractivity contribution is 5.86. The third-order valence-corrected chi connectivity index (χ3v) is 5.11. The lowest BCUT2D eigenvalue weighted by molar-refractivity contribution is 0.636. The Bertz CT molecular complexity index is 1230. The molecule has 0 spiro atoms. The Morgan fingerprint density at radius 3 is 2.86 bits per heavy atom. The van der Waals surface area contributed by atoms with Gasteiger partial charge in [-0.25, -0.2) is 9.37 Å². The molecule has 29 heavy (non-hydrogen) atoms. The molecule has 2 aromatic heterocycles. The van der Waals surface area contributed by atoms with Gasteiger partial charge < -0.3 is 5.32 Å². The van der Waals surface area contributed by atoms with E-state index in [-0.39, 0.29) is 11.7 Å². The molecule has 0 aliphatic heterocycles. The lowest BCUT2D eigenvalue weighted by Crippen LogP contribution is -2.05. The van der Waals surface area contributed by atoms with Crippen LogP contribution >= 0.6 is 0 Å².